The Bertz CT molecular complexity index is 534. The zero-order valence-corrected chi connectivity index (χ0v) is 11.2. The van der Waals surface area contributed by atoms with Crippen LogP contribution in [0.3, 0.4) is 0 Å². The average Bonchev–Trinajstić information content (AvgIpc) is 2.21. The Morgan fingerprint density at radius 1 is 1.18 bits per heavy atom. The van der Waals surface area contributed by atoms with Gasteiger partial charge in [0.15, 0.2) is 0 Å². The van der Waals surface area contributed by atoms with Crippen LogP contribution in [-0.4, -0.2) is 9.97 Å². The molecule has 0 aliphatic heterocycles. The lowest BCUT2D eigenvalue weighted by molar-refractivity contribution is 1.12. The highest BCUT2D eigenvalue weighted by Crippen LogP contribution is 2.23. The summed E-state index contributed by atoms with van der Waals surface area (Å²) in [4.78, 5) is 8.17. The molecule has 0 aliphatic rings. The standard InChI is InChI=1S/C12H13BrN4/c1-7-5-9(13)3-4-10(7)16-11-6-8(2)15-12(14)17-11/h3-6H,1-2H3,(H3,14,15,16,17). The molecule has 1 heterocycles. The second-order valence-electron chi connectivity index (χ2n) is 3.84. The molecule has 0 spiro atoms. The van der Waals surface area contributed by atoms with Gasteiger partial charge in [-0.25, -0.2) is 4.98 Å². The molecule has 17 heavy (non-hydrogen) atoms. The molecule has 0 bridgehead atoms. The second-order valence-corrected chi connectivity index (χ2v) is 4.75. The van der Waals surface area contributed by atoms with E-state index >= 15 is 0 Å². The summed E-state index contributed by atoms with van der Waals surface area (Å²) in [6, 6.07) is 7.87. The van der Waals surface area contributed by atoms with Crippen LogP contribution in [0.5, 0.6) is 0 Å². The van der Waals surface area contributed by atoms with Gasteiger partial charge in [-0.3, -0.25) is 0 Å². The Labute approximate surface area is 108 Å². The van der Waals surface area contributed by atoms with Gasteiger partial charge < -0.3 is 11.1 Å². The maximum atomic E-state index is 5.61. The fraction of sp³-hybridized carbons (Fsp3) is 0.167. The minimum absolute atomic E-state index is 0.280. The van der Waals surface area contributed by atoms with Gasteiger partial charge >= 0.3 is 0 Å². The quantitative estimate of drug-likeness (QED) is 0.892. The third-order valence-corrected chi connectivity index (χ3v) is 2.82. The molecule has 0 radical (unpaired) electrons. The van der Waals surface area contributed by atoms with Gasteiger partial charge in [0.05, 0.1) is 0 Å². The number of anilines is 3. The summed E-state index contributed by atoms with van der Waals surface area (Å²) in [6.45, 7) is 3.92. The van der Waals surface area contributed by atoms with Crippen LogP contribution in [0.15, 0.2) is 28.7 Å². The lowest BCUT2D eigenvalue weighted by atomic mass is 10.2. The summed E-state index contributed by atoms with van der Waals surface area (Å²) in [5.74, 6) is 0.989. The summed E-state index contributed by atoms with van der Waals surface area (Å²) in [5, 5.41) is 3.23. The minimum atomic E-state index is 0.280. The van der Waals surface area contributed by atoms with Crippen LogP contribution in [0, 0.1) is 13.8 Å². The average molecular weight is 293 g/mol. The number of hydrogen-bond donors (Lipinski definition) is 2. The molecule has 0 saturated heterocycles. The number of nitrogens with zero attached hydrogens (tertiary/aromatic N) is 2. The van der Waals surface area contributed by atoms with E-state index in [-0.39, 0.29) is 5.95 Å². The predicted molar refractivity (Wildman–Crippen MR) is 73.3 cm³/mol. The van der Waals surface area contributed by atoms with Gasteiger partial charge in [-0.2, -0.15) is 4.98 Å². The molecule has 0 amide bonds. The molecule has 5 heteroatoms. The van der Waals surface area contributed by atoms with Crippen molar-refractivity contribution >= 4 is 33.4 Å². The normalized spacial score (nSPS) is 10.3. The summed E-state index contributed by atoms with van der Waals surface area (Å²) in [7, 11) is 0. The van der Waals surface area contributed by atoms with Crippen molar-refractivity contribution in [2.24, 2.45) is 0 Å². The second kappa shape index (κ2) is 4.71. The number of halogens is 1. The molecule has 0 aliphatic carbocycles. The van der Waals surface area contributed by atoms with Crippen molar-refractivity contribution in [3.05, 3.63) is 40.0 Å². The number of nitrogen functional groups attached to an aromatic ring is 1. The Morgan fingerprint density at radius 2 is 1.94 bits per heavy atom. The third-order valence-electron chi connectivity index (χ3n) is 2.32. The van der Waals surface area contributed by atoms with E-state index in [9.17, 15) is 0 Å². The first-order chi connectivity index (χ1) is 8.04. The maximum Gasteiger partial charge on any atom is 0.222 e. The third kappa shape index (κ3) is 2.94. The lowest BCUT2D eigenvalue weighted by Crippen LogP contribution is -2.02. The molecular weight excluding hydrogens is 280 g/mol. The number of hydrogen-bond acceptors (Lipinski definition) is 4. The fourth-order valence-corrected chi connectivity index (χ4v) is 2.04. The van der Waals surface area contributed by atoms with E-state index in [0.29, 0.717) is 5.82 Å². The molecule has 1 aromatic heterocycles. The van der Waals surface area contributed by atoms with Gasteiger partial charge in [0.2, 0.25) is 5.95 Å². The summed E-state index contributed by atoms with van der Waals surface area (Å²) < 4.78 is 1.05. The smallest absolute Gasteiger partial charge is 0.222 e. The monoisotopic (exact) mass is 292 g/mol. The van der Waals surface area contributed by atoms with Crippen LogP contribution < -0.4 is 11.1 Å². The first-order valence-corrected chi connectivity index (χ1v) is 5.98. The van der Waals surface area contributed by atoms with Crippen LogP contribution in [0.25, 0.3) is 0 Å². The Hall–Kier alpha value is -1.62. The molecule has 3 N–H and O–H groups in total. The van der Waals surface area contributed by atoms with Crippen LogP contribution in [0.1, 0.15) is 11.3 Å². The number of rotatable bonds is 2. The van der Waals surface area contributed by atoms with E-state index in [1.807, 2.05) is 38.1 Å². The van der Waals surface area contributed by atoms with Crippen LogP contribution in [-0.2, 0) is 0 Å². The molecule has 0 unspecified atom stereocenters. The number of nitrogens with one attached hydrogen (secondary N) is 1. The lowest BCUT2D eigenvalue weighted by Gasteiger charge is -2.09. The largest absolute Gasteiger partial charge is 0.368 e. The van der Waals surface area contributed by atoms with E-state index in [0.717, 1.165) is 21.4 Å². The minimum Gasteiger partial charge on any atom is -0.368 e. The summed E-state index contributed by atoms with van der Waals surface area (Å²) in [5.41, 5.74) is 8.59. The van der Waals surface area contributed by atoms with Crippen LogP contribution in [0.2, 0.25) is 0 Å². The highest BCUT2D eigenvalue weighted by Gasteiger charge is 2.02. The zero-order valence-electron chi connectivity index (χ0n) is 9.66. The molecule has 0 atom stereocenters. The fourth-order valence-electron chi connectivity index (χ4n) is 1.56. The summed E-state index contributed by atoms with van der Waals surface area (Å²) >= 11 is 3.43. The van der Waals surface area contributed by atoms with E-state index in [1.54, 1.807) is 0 Å². The van der Waals surface area contributed by atoms with E-state index < -0.39 is 0 Å². The van der Waals surface area contributed by atoms with Crippen molar-refractivity contribution in [2.75, 3.05) is 11.1 Å². The van der Waals surface area contributed by atoms with E-state index in [1.165, 1.54) is 0 Å². The van der Waals surface area contributed by atoms with Gasteiger partial charge in [0, 0.05) is 21.9 Å². The molecule has 4 nitrogen and oxygen atoms in total. The molecule has 0 fully saturated rings. The van der Waals surface area contributed by atoms with Gasteiger partial charge in [0.25, 0.3) is 0 Å². The zero-order chi connectivity index (χ0) is 12.4. The SMILES string of the molecule is Cc1cc(Nc2ccc(Br)cc2C)nc(N)n1. The van der Waals surface area contributed by atoms with Gasteiger partial charge in [-0.1, -0.05) is 15.9 Å². The highest BCUT2D eigenvalue weighted by atomic mass is 79.9. The van der Waals surface area contributed by atoms with Gasteiger partial charge in [-0.15, -0.1) is 0 Å². The first-order valence-electron chi connectivity index (χ1n) is 5.19. The molecule has 2 rings (SSSR count). The predicted octanol–water partition coefficient (Wildman–Crippen LogP) is 3.18. The first kappa shape index (κ1) is 11.9. The number of aromatic nitrogens is 2. The van der Waals surface area contributed by atoms with Crippen molar-refractivity contribution in [1.82, 2.24) is 9.97 Å². The van der Waals surface area contributed by atoms with Crippen LogP contribution >= 0.6 is 15.9 Å². The molecule has 1 aromatic carbocycles. The number of aryl methyl sites for hydroxylation is 2. The number of benzene rings is 1. The molecular formula is C12H13BrN4. The van der Waals surface area contributed by atoms with E-state index in [2.05, 4.69) is 31.2 Å². The van der Waals surface area contributed by atoms with Crippen molar-refractivity contribution in [3.8, 4) is 0 Å². The van der Waals surface area contributed by atoms with Crippen molar-refractivity contribution < 1.29 is 0 Å². The summed E-state index contributed by atoms with van der Waals surface area (Å²) in [6.07, 6.45) is 0. The molecule has 2 aromatic rings. The number of nitrogens with two attached hydrogens (primary N) is 1. The van der Waals surface area contributed by atoms with Crippen molar-refractivity contribution in [3.63, 3.8) is 0 Å². The molecule has 0 saturated carbocycles. The Balaban J connectivity index is 2.31. The topological polar surface area (TPSA) is 63.8 Å². The van der Waals surface area contributed by atoms with E-state index in [4.69, 9.17) is 5.73 Å². The highest BCUT2D eigenvalue weighted by molar-refractivity contribution is 9.10. The molecule has 88 valence electrons. The van der Waals surface area contributed by atoms with Crippen LogP contribution in [0.4, 0.5) is 17.5 Å². The maximum absolute atomic E-state index is 5.61. The Morgan fingerprint density at radius 3 is 2.59 bits per heavy atom. The van der Waals surface area contributed by atoms with Gasteiger partial charge in [-0.05, 0) is 37.6 Å². The van der Waals surface area contributed by atoms with Crippen molar-refractivity contribution in [1.29, 1.82) is 0 Å². The van der Waals surface area contributed by atoms with Gasteiger partial charge in [0.1, 0.15) is 5.82 Å². The van der Waals surface area contributed by atoms with Crippen molar-refractivity contribution in [2.45, 2.75) is 13.8 Å². The Kier molecular flexibility index (Phi) is 3.28.